The van der Waals surface area contributed by atoms with E-state index in [1.54, 1.807) is 11.3 Å². The third-order valence-electron chi connectivity index (χ3n) is 2.78. The van der Waals surface area contributed by atoms with Gasteiger partial charge in [-0.1, -0.05) is 18.2 Å². The second-order valence-electron chi connectivity index (χ2n) is 4.14. The summed E-state index contributed by atoms with van der Waals surface area (Å²) in [7, 11) is 0. The van der Waals surface area contributed by atoms with Gasteiger partial charge in [0.2, 0.25) is 5.91 Å². The average Bonchev–Trinajstić information content (AvgIpc) is 2.87. The fourth-order valence-corrected chi connectivity index (χ4v) is 2.59. The van der Waals surface area contributed by atoms with Crippen LogP contribution in [0.4, 0.5) is 0 Å². The van der Waals surface area contributed by atoms with Crippen LogP contribution in [0.1, 0.15) is 24.3 Å². The molecule has 0 saturated carbocycles. The van der Waals surface area contributed by atoms with Crippen molar-refractivity contribution in [2.45, 2.75) is 25.4 Å². The highest BCUT2D eigenvalue weighted by Gasteiger charge is 2.23. The normalized spacial score (nSPS) is 25.6. The Morgan fingerprint density at radius 2 is 2.44 bits per heavy atom. The molecule has 3 nitrogen and oxygen atoms in total. The third-order valence-corrected chi connectivity index (χ3v) is 3.84. The number of carbonyl (C=O) groups excluding carboxylic acids is 1. The zero-order chi connectivity index (χ0) is 11.5. The van der Waals surface area contributed by atoms with Crippen LogP contribution in [0.25, 0.3) is 0 Å². The summed E-state index contributed by atoms with van der Waals surface area (Å²) in [6, 6.07) is 4.14. The Morgan fingerprint density at radius 3 is 3.00 bits per heavy atom. The van der Waals surface area contributed by atoms with Crippen LogP contribution in [-0.2, 0) is 4.79 Å². The van der Waals surface area contributed by atoms with Gasteiger partial charge in [-0.05, 0) is 24.8 Å². The maximum absolute atomic E-state index is 11.9. The van der Waals surface area contributed by atoms with Crippen molar-refractivity contribution in [1.29, 1.82) is 0 Å². The van der Waals surface area contributed by atoms with E-state index in [-0.39, 0.29) is 23.9 Å². The molecule has 1 heterocycles. The first-order valence-corrected chi connectivity index (χ1v) is 6.32. The molecule has 3 N–H and O–H groups in total. The second-order valence-corrected chi connectivity index (χ2v) is 5.12. The van der Waals surface area contributed by atoms with Gasteiger partial charge in [0.1, 0.15) is 0 Å². The van der Waals surface area contributed by atoms with Crippen molar-refractivity contribution in [3.05, 3.63) is 34.5 Å². The Morgan fingerprint density at radius 1 is 1.62 bits per heavy atom. The number of thiophene rings is 1. The fraction of sp³-hybridized carbons (Fsp3) is 0.417. The van der Waals surface area contributed by atoms with Crippen LogP contribution in [0.2, 0.25) is 0 Å². The Labute approximate surface area is 99.3 Å². The molecule has 86 valence electrons. The molecule has 16 heavy (non-hydrogen) atoms. The molecule has 3 atom stereocenters. The highest BCUT2D eigenvalue weighted by molar-refractivity contribution is 7.10. The van der Waals surface area contributed by atoms with Gasteiger partial charge in [-0.2, -0.15) is 0 Å². The molecule has 0 bridgehead atoms. The summed E-state index contributed by atoms with van der Waals surface area (Å²) >= 11 is 1.66. The van der Waals surface area contributed by atoms with E-state index in [4.69, 9.17) is 5.73 Å². The molecule has 1 aromatic heterocycles. The first kappa shape index (κ1) is 11.4. The Balaban J connectivity index is 1.90. The van der Waals surface area contributed by atoms with Gasteiger partial charge in [-0.3, -0.25) is 4.79 Å². The number of rotatable bonds is 3. The number of amides is 1. The van der Waals surface area contributed by atoms with Crippen molar-refractivity contribution in [2.75, 3.05) is 0 Å². The summed E-state index contributed by atoms with van der Waals surface area (Å²) < 4.78 is 0. The predicted octanol–water partition coefficient (Wildman–Crippen LogP) is 1.83. The molecule has 0 spiro atoms. The molecule has 0 fully saturated rings. The van der Waals surface area contributed by atoms with Crippen molar-refractivity contribution in [1.82, 2.24) is 5.32 Å². The Kier molecular flexibility index (Phi) is 3.41. The number of carbonyl (C=O) groups is 1. The van der Waals surface area contributed by atoms with Crippen molar-refractivity contribution in [2.24, 2.45) is 11.7 Å². The van der Waals surface area contributed by atoms with Gasteiger partial charge >= 0.3 is 0 Å². The minimum absolute atomic E-state index is 0.0350. The molecule has 1 aromatic rings. The molecule has 4 heteroatoms. The number of nitrogens with two attached hydrogens (primary N) is 1. The first-order valence-electron chi connectivity index (χ1n) is 5.44. The average molecular weight is 236 g/mol. The van der Waals surface area contributed by atoms with Gasteiger partial charge in [-0.15, -0.1) is 11.3 Å². The van der Waals surface area contributed by atoms with E-state index in [0.29, 0.717) is 0 Å². The summed E-state index contributed by atoms with van der Waals surface area (Å²) in [5.74, 6) is 0.0162. The highest BCUT2D eigenvalue weighted by Crippen LogP contribution is 2.21. The zero-order valence-corrected chi connectivity index (χ0v) is 10.0. The maximum atomic E-state index is 11.9. The molecule has 2 unspecified atom stereocenters. The van der Waals surface area contributed by atoms with Crippen LogP contribution in [0, 0.1) is 5.92 Å². The molecule has 0 radical (unpaired) electrons. The molecule has 1 aliphatic rings. The maximum Gasteiger partial charge on any atom is 0.227 e. The van der Waals surface area contributed by atoms with Crippen molar-refractivity contribution < 1.29 is 4.79 Å². The molecule has 1 amide bonds. The Bertz CT molecular complexity index is 386. The van der Waals surface area contributed by atoms with E-state index in [1.807, 2.05) is 36.6 Å². The van der Waals surface area contributed by atoms with Crippen LogP contribution in [-0.4, -0.2) is 11.9 Å². The Hall–Kier alpha value is -1.13. The van der Waals surface area contributed by atoms with E-state index < -0.39 is 0 Å². The third kappa shape index (κ3) is 2.51. The SMILES string of the molecule is C[C@@H](NC(=O)C1C=CC(N)C1)c1cccs1. The number of hydrogen-bond acceptors (Lipinski definition) is 3. The summed E-state index contributed by atoms with van der Waals surface area (Å²) in [6.45, 7) is 2.00. The molecule has 0 aromatic carbocycles. The molecular formula is C12H16N2OS. The standard InChI is InChI=1S/C12H16N2OS/c1-8(11-3-2-6-16-11)14-12(15)9-4-5-10(13)7-9/h2-6,8-10H,7,13H2,1H3,(H,14,15)/t8-,9?,10?/m1/s1. The quantitative estimate of drug-likeness (QED) is 0.787. The zero-order valence-electron chi connectivity index (χ0n) is 9.22. The lowest BCUT2D eigenvalue weighted by Gasteiger charge is -2.15. The fourth-order valence-electron chi connectivity index (χ4n) is 1.85. The minimum Gasteiger partial charge on any atom is -0.348 e. The van der Waals surface area contributed by atoms with Gasteiger partial charge in [0.15, 0.2) is 0 Å². The number of nitrogens with one attached hydrogen (secondary N) is 1. The first-order chi connectivity index (χ1) is 7.66. The lowest BCUT2D eigenvalue weighted by Crippen LogP contribution is -2.32. The molecular weight excluding hydrogens is 220 g/mol. The van der Waals surface area contributed by atoms with Gasteiger partial charge < -0.3 is 11.1 Å². The number of hydrogen-bond donors (Lipinski definition) is 2. The van der Waals surface area contributed by atoms with Crippen LogP contribution >= 0.6 is 11.3 Å². The van der Waals surface area contributed by atoms with Crippen molar-refractivity contribution >= 4 is 17.2 Å². The molecule has 1 aliphatic carbocycles. The van der Waals surface area contributed by atoms with E-state index in [1.165, 1.54) is 4.88 Å². The molecule has 2 rings (SSSR count). The molecule has 0 aliphatic heterocycles. The van der Waals surface area contributed by atoms with Crippen molar-refractivity contribution in [3.8, 4) is 0 Å². The van der Waals surface area contributed by atoms with E-state index in [9.17, 15) is 4.79 Å². The summed E-state index contributed by atoms with van der Waals surface area (Å²) in [5.41, 5.74) is 5.72. The van der Waals surface area contributed by atoms with Crippen LogP contribution < -0.4 is 11.1 Å². The smallest absolute Gasteiger partial charge is 0.227 e. The van der Waals surface area contributed by atoms with Gasteiger partial charge in [0.25, 0.3) is 0 Å². The minimum atomic E-state index is -0.0580. The summed E-state index contributed by atoms with van der Waals surface area (Å²) in [6.07, 6.45) is 4.53. The van der Waals surface area contributed by atoms with Gasteiger partial charge in [0, 0.05) is 10.9 Å². The van der Waals surface area contributed by atoms with E-state index in [2.05, 4.69) is 5.32 Å². The lowest BCUT2D eigenvalue weighted by molar-refractivity contribution is -0.124. The van der Waals surface area contributed by atoms with E-state index >= 15 is 0 Å². The van der Waals surface area contributed by atoms with Crippen LogP contribution in [0.3, 0.4) is 0 Å². The largest absolute Gasteiger partial charge is 0.348 e. The lowest BCUT2D eigenvalue weighted by atomic mass is 10.1. The second kappa shape index (κ2) is 4.80. The van der Waals surface area contributed by atoms with Crippen LogP contribution in [0.5, 0.6) is 0 Å². The van der Waals surface area contributed by atoms with Gasteiger partial charge in [0.05, 0.1) is 12.0 Å². The summed E-state index contributed by atoms with van der Waals surface area (Å²) in [5, 5.41) is 5.03. The monoisotopic (exact) mass is 236 g/mol. The van der Waals surface area contributed by atoms with E-state index in [0.717, 1.165) is 6.42 Å². The summed E-state index contributed by atoms with van der Waals surface area (Å²) in [4.78, 5) is 13.1. The van der Waals surface area contributed by atoms with Gasteiger partial charge in [-0.25, -0.2) is 0 Å². The van der Waals surface area contributed by atoms with Crippen molar-refractivity contribution in [3.63, 3.8) is 0 Å². The topological polar surface area (TPSA) is 55.1 Å². The van der Waals surface area contributed by atoms with Crippen LogP contribution in [0.15, 0.2) is 29.7 Å². The highest BCUT2D eigenvalue weighted by atomic mass is 32.1. The predicted molar refractivity (Wildman–Crippen MR) is 66.1 cm³/mol. The molecule has 0 saturated heterocycles.